The van der Waals surface area contributed by atoms with Crippen molar-refractivity contribution < 1.29 is 161 Å². The molecule has 0 saturated heterocycles. The molecule has 10 aromatic carbocycles. The summed E-state index contributed by atoms with van der Waals surface area (Å²) in [6.07, 6.45) is 7.30. The van der Waals surface area contributed by atoms with Crippen molar-refractivity contribution in [2.45, 2.75) is 119 Å². The summed E-state index contributed by atoms with van der Waals surface area (Å²) < 4.78 is 116. The van der Waals surface area contributed by atoms with Crippen LogP contribution >= 0.6 is 38.9 Å². The van der Waals surface area contributed by atoms with Crippen LogP contribution in [0.5, 0.6) is 115 Å². The first kappa shape index (κ1) is 137. The Kier molecular flexibility index (Phi) is 67.1. The van der Waals surface area contributed by atoms with Gasteiger partial charge in [-0.3, -0.25) is 28.8 Å². The second-order valence-electron chi connectivity index (χ2n) is 30.7. The van der Waals surface area contributed by atoms with E-state index >= 15 is 0 Å². The molecule has 147 heavy (non-hydrogen) atoms. The summed E-state index contributed by atoms with van der Waals surface area (Å²) in [5, 5.41) is 26.3. The Labute approximate surface area is 912 Å². The molecule has 39 heteroatoms. The van der Waals surface area contributed by atoms with Crippen LogP contribution in [0.3, 0.4) is 0 Å². The number of carbonyl (C=O) groups is 3. The van der Waals surface area contributed by atoms with Gasteiger partial charge in [-0.25, -0.2) is 0 Å². The molecule has 4 aliphatic rings. The molecule has 32 nitrogen and oxygen atoms in total. The number of ether oxygens (including phenoxy) is 20. The Balaban J connectivity index is -0.000000830. The van der Waals surface area contributed by atoms with Crippen LogP contribution < -0.4 is 141 Å². The Morgan fingerprint density at radius 3 is 1.12 bits per heavy atom. The van der Waals surface area contributed by atoms with Gasteiger partial charge in [-0.2, -0.15) is 0 Å². The van der Waals surface area contributed by atoms with E-state index in [1.165, 1.54) is 64.3 Å². The standard InChI is InChI=1S/C21H25NO4.C20H25NO5.C20H25NO4.C20H23NO4.C10H15NO2.C10H12O4.C2H4O2.CH4O.4CH4.2B.Cl3OP.Na.H2.H/c1-23-18-8-13-5-6-22-12-15-10-20(25-3)19(24-2)9-14(15)7-17(22)16(13)11-21(18)26-4;1-23-16-7-5-14(11-18(16)25-3)9-10-21-20(22)13-15-6-8-17(24-2)19(12-15)26-4;2*1-22-17-6-5-13(10-18(17)23-2)9-16-15-12-20(25-4)19(24-3)11-14(15)7-8-21-16;1-12-9-4-3-8(5-6-11)7-10(9)13-2;1-13-8-4-3-7(6-10(11)12)5-9(8)14-2;1-2(3)4;1-2;;;;;;;1-5(2,3)4;;;/h8-11,17H,5-7,12H2,1-4H3;5-8,11-12H,9-10,13H2,1-4H3,(H,21,22);5-6,10-12,16,21H,7-9H2,1-4H3;5-6,10-12H,7-9H2,1-4H3;3-4,7H,5-6,11H2,1-2H3;3-5H,6H2,1-2H3,(H,11,12);1H3,(H,3,4);2H,1H3;4*1H4;;;;;1H;/q;;;;;;;;;;;;;;;+1;;-1/i;;;;;;;;;;;;;;;;1+1;. The maximum absolute atomic E-state index is 12.2. The van der Waals surface area contributed by atoms with E-state index in [0.717, 1.165) is 194 Å². The van der Waals surface area contributed by atoms with Crippen LogP contribution in [-0.2, 0) is 89.7 Å². The Morgan fingerprint density at radius 1 is 0.415 bits per heavy atom. The Hall–Kier alpha value is -11.7. The van der Waals surface area contributed by atoms with Crippen LogP contribution in [0.4, 0.5) is 0 Å². The van der Waals surface area contributed by atoms with Crippen LogP contribution in [0.15, 0.2) is 163 Å². The summed E-state index contributed by atoms with van der Waals surface area (Å²) in [6.45, 7) is 5.97. The van der Waals surface area contributed by atoms with E-state index < -0.39 is 17.1 Å². The molecular formula is C108H152B2Cl3N5NaO27P. The van der Waals surface area contributed by atoms with Gasteiger partial charge in [-0.15, -0.1) is 0 Å². The summed E-state index contributed by atoms with van der Waals surface area (Å²) in [5.74, 6) is 12.7. The van der Waals surface area contributed by atoms with E-state index in [0.29, 0.717) is 65.6 Å². The quantitative estimate of drug-likeness (QED) is 0.0164. The number of aliphatic carboxylic acids is 2. The number of aliphatic imine (C=N–C) groups is 1. The van der Waals surface area contributed by atoms with Gasteiger partial charge in [-0.1, -0.05) is 66.1 Å². The van der Waals surface area contributed by atoms with E-state index in [2.05, 4.69) is 97.8 Å². The molecule has 804 valence electrons. The van der Waals surface area contributed by atoms with Crippen LogP contribution in [0.1, 0.15) is 129 Å². The second kappa shape index (κ2) is 71.8. The van der Waals surface area contributed by atoms with Crippen molar-refractivity contribution >= 4 is 79.3 Å². The van der Waals surface area contributed by atoms with Crippen molar-refractivity contribution in [1.82, 2.24) is 15.5 Å². The summed E-state index contributed by atoms with van der Waals surface area (Å²) >= 11 is 13.8. The molecule has 0 saturated carbocycles. The number of amides is 1. The maximum atomic E-state index is 12.2. The molecule has 0 spiro atoms. The largest absolute Gasteiger partial charge is 1.00 e. The maximum Gasteiger partial charge on any atom is 1.00 e. The van der Waals surface area contributed by atoms with Crippen LogP contribution in [0.2, 0.25) is 0 Å². The van der Waals surface area contributed by atoms with Gasteiger partial charge in [-0.05, 0) is 285 Å². The van der Waals surface area contributed by atoms with Gasteiger partial charge in [0.15, 0.2) is 115 Å². The van der Waals surface area contributed by atoms with Crippen molar-refractivity contribution in [3.63, 3.8) is 0 Å². The smallest absolute Gasteiger partial charge is 1.00 e. The molecule has 2 unspecified atom stereocenters. The minimum absolute atomic E-state index is 0. The molecule has 0 fully saturated rings. The molecule has 6 radical (unpaired) electrons. The fourth-order valence-electron chi connectivity index (χ4n) is 15.7. The molecule has 10 aromatic rings. The van der Waals surface area contributed by atoms with Gasteiger partial charge < -0.3 is 128 Å². The third kappa shape index (κ3) is 42.1. The number of hydrogen-bond donors (Lipinski definition) is 6. The van der Waals surface area contributed by atoms with Crippen molar-refractivity contribution in [2.24, 2.45) is 10.7 Å². The van der Waals surface area contributed by atoms with Crippen LogP contribution in [0, 0.1) is 0 Å². The molecule has 0 aromatic heterocycles. The summed E-state index contributed by atoms with van der Waals surface area (Å²) in [6, 6.07) is 51.5. The first-order valence-corrected chi connectivity index (χ1v) is 48.6. The first-order valence-electron chi connectivity index (χ1n) is 44.2. The number of hydrogen-bond acceptors (Lipinski definition) is 29. The molecule has 2 atom stereocenters. The molecule has 7 N–H and O–H groups in total. The molecule has 14 rings (SSSR count). The molecule has 0 bridgehead atoms. The second-order valence-corrected chi connectivity index (χ2v) is 37.4. The zero-order valence-corrected chi connectivity index (χ0v) is 91.0. The van der Waals surface area contributed by atoms with E-state index in [9.17, 15) is 14.2 Å². The van der Waals surface area contributed by atoms with Gasteiger partial charge in [0.25, 0.3) is 5.97 Å². The molecular weight excluding hydrogens is 1980 g/mol. The molecule has 4 heterocycles. The molecule has 4 aliphatic heterocycles. The monoisotopic (exact) mass is 2130 g/mol. The van der Waals surface area contributed by atoms with Gasteiger partial charge in [0.05, 0.1) is 155 Å². The third-order valence-electron chi connectivity index (χ3n) is 22.4. The zero-order chi connectivity index (χ0) is 103. The van der Waals surface area contributed by atoms with E-state index in [1.807, 2.05) is 84.9 Å². The number of fused-ring (bicyclic) bond motifs is 6. The SMILES string of the molecule is C.C.C.C.CC(=O)O.CO.COc1cc2c(cc1OC)CN1CCc3cc(OC)c(OC)cc3C1C2.COc1ccc(CC(=O)O)cc1OC.COc1ccc(CC2=NCCc3cc(OC)c(OC)cc32)cc1OC.COc1ccc(CC2NCCc3cc(OC)c(OC)cc32)cc1OC.COc1ccc(CCN)cc1OC.COc1ccc(CCNC(=O)Cc2ccc(OC)c(OC)c2)cc1OC.O=P(Cl)(Cl)Cl.[2HH].[B].[B].[H-].[Na+]. The minimum atomic E-state index is -3.22. The van der Waals surface area contributed by atoms with Crippen molar-refractivity contribution in [3.05, 3.63) is 236 Å². The van der Waals surface area contributed by atoms with E-state index in [4.69, 9.17) is 126 Å². The normalized spacial score (nSPS) is 12.4. The predicted molar refractivity (Wildman–Crippen MR) is 586 cm³/mol. The Morgan fingerprint density at radius 2 is 0.721 bits per heavy atom. The van der Waals surface area contributed by atoms with Crippen molar-refractivity contribution in [3.8, 4) is 115 Å². The van der Waals surface area contributed by atoms with Gasteiger partial charge in [0.2, 0.25) is 5.91 Å². The number of rotatable bonds is 33. The summed E-state index contributed by atoms with van der Waals surface area (Å²) in [5.41, 5.74) is 22.9. The zero-order valence-electron chi connectivity index (χ0n) is 86.8. The van der Waals surface area contributed by atoms with Gasteiger partial charge in [0, 0.05) is 88.2 Å². The summed E-state index contributed by atoms with van der Waals surface area (Å²) in [4.78, 5) is 38.9. The van der Waals surface area contributed by atoms with Crippen LogP contribution in [0.25, 0.3) is 0 Å². The first-order chi connectivity index (χ1) is 67.4. The van der Waals surface area contributed by atoms with E-state index in [-0.39, 0.29) is 104 Å². The number of nitrogens with zero attached hydrogens (tertiary/aromatic N) is 2. The fourth-order valence-corrected chi connectivity index (χ4v) is 15.7. The number of nitrogens with two attached hydrogens (primary N) is 1. The van der Waals surface area contributed by atoms with E-state index in [1.54, 1.807) is 152 Å². The number of carboxylic acid groups (broad SMARTS) is 2. The number of aliphatic hydroxyl groups excluding tert-OH is 1. The number of carbonyl (C=O) groups excluding carboxylic acids is 1. The third-order valence-corrected chi connectivity index (χ3v) is 22.4. The average Bonchev–Trinajstić information content (AvgIpc) is 0.754. The van der Waals surface area contributed by atoms with Gasteiger partial charge >= 0.3 is 40.7 Å². The molecule has 0 aliphatic carbocycles. The summed E-state index contributed by atoms with van der Waals surface area (Å²) in [7, 11) is 33.7. The fraction of sp³-hybridized carbons (Fsp3) is 0.407. The topological polar surface area (TPSA) is 379 Å². The van der Waals surface area contributed by atoms with Crippen molar-refractivity contribution in [1.29, 1.82) is 0 Å². The Bertz CT molecular complexity index is 5740. The van der Waals surface area contributed by atoms with Gasteiger partial charge in [0.1, 0.15) is 0 Å². The number of halogens is 3. The number of benzene rings is 10. The number of nitrogens with one attached hydrogen (secondary N) is 2. The average molecular weight is 2140 g/mol. The number of methoxy groups -OCH3 is 20. The van der Waals surface area contributed by atoms with Crippen LogP contribution in [-0.4, -0.2) is 243 Å². The minimum Gasteiger partial charge on any atom is -1.00 e. The number of carboxylic acids is 2. The predicted octanol–water partition coefficient (Wildman–Crippen LogP) is 16.6. The van der Waals surface area contributed by atoms with Crippen molar-refractivity contribution in [2.75, 3.05) is 182 Å². The molecule has 1 amide bonds. The number of aliphatic hydroxyl groups is 1.